The molecule has 0 atom stereocenters. The van der Waals surface area contributed by atoms with E-state index in [2.05, 4.69) is 4.98 Å². The maximum Gasteiger partial charge on any atom is 0.332 e. The largest absolute Gasteiger partial charge is 0.332 e. The van der Waals surface area contributed by atoms with E-state index in [0.29, 0.717) is 11.2 Å². The second-order valence-electron chi connectivity index (χ2n) is 3.46. The van der Waals surface area contributed by atoms with E-state index >= 15 is 0 Å². The van der Waals surface area contributed by atoms with E-state index < -0.39 is 0 Å². The average Bonchev–Trinajstić information content (AvgIpc) is 2.67. The molecule has 2 aromatic rings. The van der Waals surface area contributed by atoms with Crippen LogP contribution in [0.25, 0.3) is 11.2 Å². The van der Waals surface area contributed by atoms with E-state index in [1.54, 1.807) is 24.7 Å². The van der Waals surface area contributed by atoms with Crippen molar-refractivity contribution in [3.8, 4) is 6.07 Å². The van der Waals surface area contributed by atoms with Gasteiger partial charge >= 0.3 is 5.69 Å². The van der Waals surface area contributed by atoms with Crippen LogP contribution in [0.15, 0.2) is 15.9 Å². The smallest absolute Gasteiger partial charge is 0.328 e. The number of imidazole rings is 1. The van der Waals surface area contributed by atoms with Gasteiger partial charge in [0.1, 0.15) is 0 Å². The lowest BCUT2D eigenvalue weighted by atomic mass is 10.5. The van der Waals surface area contributed by atoms with Crippen molar-refractivity contribution in [1.29, 1.82) is 5.26 Å². The fourth-order valence-electron chi connectivity index (χ4n) is 1.47. The molecule has 0 radical (unpaired) electrons. The summed E-state index contributed by atoms with van der Waals surface area (Å²) in [4.78, 5) is 27.2. The standard InChI is InChI=1S/C8H10N4O2.C2H3N/c1-10-4-9-6-5(10)7(13)12(3)8(14)11(6)2;1-2-3/h4H,1-3H3;1H3. The predicted molar refractivity (Wildman–Crippen MR) is 62.5 cm³/mol. The molecule has 7 heteroatoms. The van der Waals surface area contributed by atoms with Gasteiger partial charge in [-0.3, -0.25) is 13.9 Å². The molecule has 0 aromatic carbocycles. The van der Waals surface area contributed by atoms with Crippen molar-refractivity contribution in [2.24, 2.45) is 21.1 Å². The van der Waals surface area contributed by atoms with Crippen LogP contribution in [0.3, 0.4) is 0 Å². The molecule has 90 valence electrons. The molecule has 0 amide bonds. The maximum atomic E-state index is 11.7. The summed E-state index contributed by atoms with van der Waals surface area (Å²) in [5, 5.41) is 7.32. The Morgan fingerprint density at radius 1 is 1.24 bits per heavy atom. The quantitative estimate of drug-likeness (QED) is 0.616. The zero-order chi connectivity index (χ0) is 13.2. The predicted octanol–water partition coefficient (Wildman–Crippen LogP) is -0.499. The van der Waals surface area contributed by atoms with Gasteiger partial charge in [-0.15, -0.1) is 0 Å². The first-order valence-corrected chi connectivity index (χ1v) is 4.83. The zero-order valence-electron chi connectivity index (χ0n) is 10.1. The van der Waals surface area contributed by atoms with Crippen LogP contribution in [0.4, 0.5) is 0 Å². The summed E-state index contributed by atoms with van der Waals surface area (Å²) in [6, 6.07) is 1.75. The molecule has 0 saturated carbocycles. The minimum atomic E-state index is -0.360. The molecule has 0 aliphatic rings. The SMILES string of the molecule is CC#N.Cn1c(=O)c2c(ncn2C)n(C)c1=O. The number of nitriles is 1. The summed E-state index contributed by atoms with van der Waals surface area (Å²) in [5.74, 6) is 0. The van der Waals surface area contributed by atoms with Gasteiger partial charge in [0.15, 0.2) is 11.2 Å². The Hall–Kier alpha value is -2.36. The van der Waals surface area contributed by atoms with Crippen LogP contribution in [0.2, 0.25) is 0 Å². The second kappa shape index (κ2) is 4.65. The molecule has 17 heavy (non-hydrogen) atoms. The normalized spacial score (nSPS) is 9.59. The van der Waals surface area contributed by atoms with Gasteiger partial charge < -0.3 is 4.57 Å². The minimum Gasteiger partial charge on any atom is -0.328 e. The molecule has 0 N–H and O–H groups in total. The number of aromatic nitrogens is 4. The van der Waals surface area contributed by atoms with Crippen LogP contribution in [0.1, 0.15) is 6.92 Å². The van der Waals surface area contributed by atoms with Gasteiger partial charge in [-0.1, -0.05) is 0 Å². The van der Waals surface area contributed by atoms with Gasteiger partial charge in [-0.2, -0.15) is 5.26 Å². The van der Waals surface area contributed by atoms with Gasteiger partial charge in [0.2, 0.25) is 0 Å². The molecular formula is C10H13N5O2. The van der Waals surface area contributed by atoms with Crippen molar-refractivity contribution >= 4 is 11.2 Å². The summed E-state index contributed by atoms with van der Waals surface area (Å²) in [6.45, 7) is 1.43. The topological polar surface area (TPSA) is 85.6 Å². The third kappa shape index (κ3) is 1.97. The van der Waals surface area contributed by atoms with Crippen LogP contribution >= 0.6 is 0 Å². The lowest BCUT2D eigenvalue weighted by Gasteiger charge is -2.02. The third-order valence-electron chi connectivity index (χ3n) is 2.32. The average molecular weight is 235 g/mol. The van der Waals surface area contributed by atoms with Crippen LogP contribution in [-0.2, 0) is 21.1 Å². The number of hydrogen-bond donors (Lipinski definition) is 0. The molecule has 2 heterocycles. The van der Waals surface area contributed by atoms with Gasteiger partial charge in [0.05, 0.1) is 12.4 Å². The summed E-state index contributed by atoms with van der Waals surface area (Å²) in [7, 11) is 4.77. The maximum absolute atomic E-state index is 11.7. The zero-order valence-corrected chi connectivity index (χ0v) is 10.1. The summed E-state index contributed by atoms with van der Waals surface area (Å²) in [5.41, 5.74) is 0.180. The molecule has 0 aliphatic heterocycles. The van der Waals surface area contributed by atoms with Crippen molar-refractivity contribution in [2.75, 3.05) is 0 Å². The van der Waals surface area contributed by atoms with E-state index in [4.69, 9.17) is 5.26 Å². The van der Waals surface area contributed by atoms with Gasteiger partial charge in [0.25, 0.3) is 5.56 Å². The molecule has 0 unspecified atom stereocenters. The Morgan fingerprint density at radius 3 is 2.29 bits per heavy atom. The van der Waals surface area contributed by atoms with E-state index in [-0.39, 0.29) is 11.2 Å². The Kier molecular flexibility index (Phi) is 3.48. The highest BCUT2D eigenvalue weighted by Crippen LogP contribution is 2.01. The highest BCUT2D eigenvalue weighted by Gasteiger charge is 2.11. The molecule has 0 aliphatic carbocycles. The summed E-state index contributed by atoms with van der Waals surface area (Å²) < 4.78 is 4.04. The van der Waals surface area contributed by atoms with Gasteiger partial charge in [-0.25, -0.2) is 9.78 Å². The first kappa shape index (κ1) is 12.7. The third-order valence-corrected chi connectivity index (χ3v) is 2.32. The molecule has 0 fully saturated rings. The van der Waals surface area contributed by atoms with Crippen molar-refractivity contribution < 1.29 is 0 Å². The first-order chi connectivity index (χ1) is 7.95. The highest BCUT2D eigenvalue weighted by molar-refractivity contribution is 5.69. The van der Waals surface area contributed by atoms with Crippen molar-refractivity contribution in [1.82, 2.24) is 18.7 Å². The molecule has 2 aromatic heterocycles. The summed E-state index contributed by atoms with van der Waals surface area (Å²) >= 11 is 0. The number of rotatable bonds is 0. The van der Waals surface area contributed by atoms with E-state index in [0.717, 1.165) is 4.57 Å². The number of fused-ring (bicyclic) bond motifs is 1. The van der Waals surface area contributed by atoms with E-state index in [1.165, 1.54) is 24.9 Å². The monoisotopic (exact) mass is 235 g/mol. The lowest BCUT2D eigenvalue weighted by Crippen LogP contribution is -2.37. The molecule has 0 spiro atoms. The first-order valence-electron chi connectivity index (χ1n) is 4.83. The molecule has 0 bridgehead atoms. The van der Waals surface area contributed by atoms with Crippen LogP contribution in [-0.4, -0.2) is 18.7 Å². The molecule has 7 nitrogen and oxygen atoms in total. The van der Waals surface area contributed by atoms with E-state index in [1.807, 2.05) is 0 Å². The Morgan fingerprint density at radius 2 is 1.76 bits per heavy atom. The fourth-order valence-corrected chi connectivity index (χ4v) is 1.47. The number of hydrogen-bond acceptors (Lipinski definition) is 4. The van der Waals surface area contributed by atoms with Crippen molar-refractivity contribution in [2.45, 2.75) is 6.92 Å². The van der Waals surface area contributed by atoms with Crippen LogP contribution < -0.4 is 11.2 Å². The van der Waals surface area contributed by atoms with Crippen LogP contribution in [0.5, 0.6) is 0 Å². The Bertz CT molecular complexity index is 698. The summed E-state index contributed by atoms with van der Waals surface area (Å²) in [6.07, 6.45) is 1.52. The van der Waals surface area contributed by atoms with E-state index in [9.17, 15) is 9.59 Å². The highest BCUT2D eigenvalue weighted by atomic mass is 16.2. The van der Waals surface area contributed by atoms with Gasteiger partial charge in [-0.05, 0) is 0 Å². The van der Waals surface area contributed by atoms with Crippen LogP contribution in [0, 0.1) is 11.3 Å². The van der Waals surface area contributed by atoms with Crippen molar-refractivity contribution in [3.05, 3.63) is 27.2 Å². The molecule has 2 rings (SSSR count). The Labute approximate surface area is 97.2 Å². The second-order valence-corrected chi connectivity index (χ2v) is 3.46. The van der Waals surface area contributed by atoms with Gasteiger partial charge in [0, 0.05) is 28.1 Å². The molecular weight excluding hydrogens is 222 g/mol. The number of aryl methyl sites for hydroxylation is 2. The number of nitrogens with zero attached hydrogens (tertiary/aromatic N) is 5. The minimum absolute atomic E-state index is 0.317. The lowest BCUT2D eigenvalue weighted by molar-refractivity contribution is 0.705. The molecule has 0 saturated heterocycles. The van der Waals surface area contributed by atoms with Crippen molar-refractivity contribution in [3.63, 3.8) is 0 Å². The Balaban J connectivity index is 0.000000437. The fraction of sp³-hybridized carbons (Fsp3) is 0.400.